The Morgan fingerprint density at radius 2 is 2.10 bits per heavy atom. The van der Waals surface area contributed by atoms with Crippen LogP contribution in [0.1, 0.15) is 57.3 Å². The first-order chi connectivity index (χ1) is 9.81. The maximum atomic E-state index is 6.08. The molecule has 0 amide bonds. The molecule has 3 heteroatoms. The average Bonchev–Trinajstić information content (AvgIpc) is 2.51. The molecule has 1 saturated carbocycles. The Balaban J connectivity index is 1.81. The summed E-state index contributed by atoms with van der Waals surface area (Å²) in [6.45, 7) is 6.87. The summed E-state index contributed by atoms with van der Waals surface area (Å²) in [7, 11) is 0. The fourth-order valence-corrected chi connectivity index (χ4v) is 2.93. The molecule has 0 bridgehead atoms. The van der Waals surface area contributed by atoms with Crippen LogP contribution in [0, 0.1) is 5.92 Å². The van der Waals surface area contributed by atoms with Gasteiger partial charge in [-0.1, -0.05) is 39.2 Å². The largest absolute Gasteiger partial charge is 0.372 e. The van der Waals surface area contributed by atoms with E-state index in [0.717, 1.165) is 30.4 Å². The summed E-state index contributed by atoms with van der Waals surface area (Å²) in [4.78, 5) is 4.65. The van der Waals surface area contributed by atoms with Crippen LogP contribution in [0.3, 0.4) is 0 Å². The Labute approximate surface area is 123 Å². The van der Waals surface area contributed by atoms with Gasteiger partial charge >= 0.3 is 0 Å². The highest BCUT2D eigenvalue weighted by Gasteiger charge is 2.21. The van der Waals surface area contributed by atoms with E-state index in [4.69, 9.17) is 4.74 Å². The third-order valence-corrected chi connectivity index (χ3v) is 4.20. The van der Waals surface area contributed by atoms with Crippen LogP contribution in [0.15, 0.2) is 18.2 Å². The molecule has 1 fully saturated rings. The Morgan fingerprint density at radius 1 is 1.25 bits per heavy atom. The molecule has 2 unspecified atom stereocenters. The van der Waals surface area contributed by atoms with E-state index in [0.29, 0.717) is 12.7 Å². The summed E-state index contributed by atoms with van der Waals surface area (Å²) < 4.78 is 6.08. The predicted octanol–water partition coefficient (Wildman–Crippen LogP) is 3.68. The summed E-state index contributed by atoms with van der Waals surface area (Å²) in [6.07, 6.45) is 6.87. The van der Waals surface area contributed by atoms with Gasteiger partial charge in [0, 0.05) is 6.54 Å². The summed E-state index contributed by atoms with van der Waals surface area (Å²) in [5.74, 6) is 0.863. The third-order valence-electron chi connectivity index (χ3n) is 4.20. The minimum Gasteiger partial charge on any atom is -0.372 e. The van der Waals surface area contributed by atoms with E-state index in [1.807, 2.05) is 0 Å². The maximum absolute atomic E-state index is 6.08. The molecule has 3 nitrogen and oxygen atoms in total. The number of hydrogen-bond acceptors (Lipinski definition) is 3. The van der Waals surface area contributed by atoms with Crippen LogP contribution in [0.2, 0.25) is 0 Å². The molecule has 1 aliphatic carbocycles. The minimum atomic E-state index is 0.438. The van der Waals surface area contributed by atoms with Gasteiger partial charge in [-0.2, -0.15) is 0 Å². The number of aromatic nitrogens is 1. The zero-order valence-corrected chi connectivity index (χ0v) is 12.9. The SMILES string of the molecule is CCNCc1cccc(COC2CCCC(CC)C2)n1. The van der Waals surface area contributed by atoms with Crippen LogP contribution < -0.4 is 5.32 Å². The second-order valence-electron chi connectivity index (χ2n) is 5.77. The van der Waals surface area contributed by atoms with E-state index in [-0.39, 0.29) is 0 Å². The van der Waals surface area contributed by atoms with E-state index in [9.17, 15) is 0 Å². The van der Waals surface area contributed by atoms with E-state index >= 15 is 0 Å². The Hall–Kier alpha value is -0.930. The van der Waals surface area contributed by atoms with Crippen LogP contribution in [-0.4, -0.2) is 17.6 Å². The van der Waals surface area contributed by atoms with Crippen LogP contribution in [0.5, 0.6) is 0 Å². The number of ether oxygens (including phenoxy) is 1. The highest BCUT2D eigenvalue weighted by molar-refractivity contribution is 5.10. The van der Waals surface area contributed by atoms with Crippen molar-refractivity contribution in [2.75, 3.05) is 6.54 Å². The second kappa shape index (κ2) is 8.38. The molecule has 2 atom stereocenters. The van der Waals surface area contributed by atoms with Crippen molar-refractivity contribution in [1.82, 2.24) is 10.3 Å². The molecule has 1 aromatic rings. The topological polar surface area (TPSA) is 34.1 Å². The highest BCUT2D eigenvalue weighted by atomic mass is 16.5. The highest BCUT2D eigenvalue weighted by Crippen LogP contribution is 2.28. The van der Waals surface area contributed by atoms with Crippen molar-refractivity contribution in [3.63, 3.8) is 0 Å². The van der Waals surface area contributed by atoms with Gasteiger partial charge in [0.25, 0.3) is 0 Å². The van der Waals surface area contributed by atoms with E-state index in [1.54, 1.807) is 0 Å². The first kappa shape index (κ1) is 15.5. The molecule has 112 valence electrons. The van der Waals surface area contributed by atoms with Crippen molar-refractivity contribution in [1.29, 1.82) is 0 Å². The summed E-state index contributed by atoms with van der Waals surface area (Å²) in [5, 5.41) is 3.31. The molecule has 1 heterocycles. The molecule has 0 aromatic carbocycles. The van der Waals surface area contributed by atoms with E-state index < -0.39 is 0 Å². The first-order valence-corrected chi connectivity index (χ1v) is 8.09. The fraction of sp³-hybridized carbons (Fsp3) is 0.706. The maximum Gasteiger partial charge on any atom is 0.0891 e. The lowest BCUT2D eigenvalue weighted by Gasteiger charge is -2.28. The second-order valence-corrected chi connectivity index (χ2v) is 5.77. The quantitative estimate of drug-likeness (QED) is 0.825. The zero-order valence-electron chi connectivity index (χ0n) is 12.9. The van der Waals surface area contributed by atoms with Gasteiger partial charge in [-0.05, 0) is 37.4 Å². The lowest BCUT2D eigenvalue weighted by molar-refractivity contribution is 0.000287. The lowest BCUT2D eigenvalue weighted by atomic mass is 9.85. The van der Waals surface area contributed by atoms with Crippen molar-refractivity contribution in [3.05, 3.63) is 29.6 Å². The van der Waals surface area contributed by atoms with Crippen LogP contribution >= 0.6 is 0 Å². The van der Waals surface area contributed by atoms with Crippen molar-refractivity contribution < 1.29 is 4.74 Å². The van der Waals surface area contributed by atoms with Gasteiger partial charge in [0.05, 0.1) is 24.1 Å². The Kier molecular flexibility index (Phi) is 6.48. The third kappa shape index (κ3) is 4.88. The lowest BCUT2D eigenvalue weighted by Crippen LogP contribution is -2.22. The fourth-order valence-electron chi connectivity index (χ4n) is 2.93. The van der Waals surface area contributed by atoms with Crippen LogP contribution in [0.4, 0.5) is 0 Å². The number of rotatable bonds is 7. The number of nitrogens with zero attached hydrogens (tertiary/aromatic N) is 1. The van der Waals surface area contributed by atoms with E-state index in [1.165, 1.54) is 32.1 Å². The van der Waals surface area contributed by atoms with Gasteiger partial charge in [-0.25, -0.2) is 0 Å². The predicted molar refractivity (Wildman–Crippen MR) is 82.4 cm³/mol. The standard InChI is InChI=1S/C17H28N2O/c1-3-14-7-5-10-17(11-14)20-13-16-9-6-8-15(19-16)12-18-4-2/h6,8-9,14,17-18H,3-5,7,10-13H2,1-2H3. The first-order valence-electron chi connectivity index (χ1n) is 8.09. The molecule has 0 aliphatic heterocycles. The normalized spacial score (nSPS) is 22.9. The number of nitrogens with one attached hydrogen (secondary N) is 1. The van der Waals surface area contributed by atoms with Crippen molar-refractivity contribution >= 4 is 0 Å². The van der Waals surface area contributed by atoms with Gasteiger partial charge in [0.1, 0.15) is 0 Å². The van der Waals surface area contributed by atoms with Gasteiger partial charge in [-0.15, -0.1) is 0 Å². The molecule has 20 heavy (non-hydrogen) atoms. The Bertz CT molecular complexity index is 394. The molecule has 0 radical (unpaired) electrons. The van der Waals surface area contributed by atoms with Crippen LogP contribution in [0.25, 0.3) is 0 Å². The van der Waals surface area contributed by atoms with Gasteiger partial charge in [0.2, 0.25) is 0 Å². The molecular weight excluding hydrogens is 248 g/mol. The number of hydrogen-bond donors (Lipinski definition) is 1. The smallest absolute Gasteiger partial charge is 0.0891 e. The molecule has 1 aliphatic rings. The minimum absolute atomic E-state index is 0.438. The zero-order chi connectivity index (χ0) is 14.2. The summed E-state index contributed by atoms with van der Waals surface area (Å²) in [6, 6.07) is 6.21. The summed E-state index contributed by atoms with van der Waals surface area (Å²) in [5.41, 5.74) is 2.15. The molecular formula is C17H28N2O. The van der Waals surface area contributed by atoms with Crippen molar-refractivity contribution in [3.8, 4) is 0 Å². The van der Waals surface area contributed by atoms with Crippen LogP contribution in [-0.2, 0) is 17.9 Å². The van der Waals surface area contributed by atoms with Gasteiger partial charge in [-0.3, -0.25) is 4.98 Å². The molecule has 2 rings (SSSR count). The molecule has 0 saturated heterocycles. The van der Waals surface area contributed by atoms with Gasteiger partial charge < -0.3 is 10.1 Å². The summed E-state index contributed by atoms with van der Waals surface area (Å²) >= 11 is 0. The van der Waals surface area contributed by atoms with Crippen molar-refractivity contribution in [2.24, 2.45) is 5.92 Å². The molecule has 1 aromatic heterocycles. The molecule has 0 spiro atoms. The number of pyridine rings is 1. The van der Waals surface area contributed by atoms with E-state index in [2.05, 4.69) is 42.3 Å². The van der Waals surface area contributed by atoms with Crippen molar-refractivity contribution in [2.45, 2.75) is 65.2 Å². The average molecular weight is 276 g/mol. The Morgan fingerprint density at radius 3 is 2.90 bits per heavy atom. The molecule has 1 N–H and O–H groups in total. The van der Waals surface area contributed by atoms with Gasteiger partial charge in [0.15, 0.2) is 0 Å². The monoisotopic (exact) mass is 276 g/mol.